The molecule has 0 N–H and O–H groups in total. The summed E-state index contributed by atoms with van der Waals surface area (Å²) in [5.74, 6) is -0.403. The fourth-order valence-electron chi connectivity index (χ4n) is 3.49. The maximum Gasteiger partial charge on any atom is 0.261 e. The summed E-state index contributed by atoms with van der Waals surface area (Å²) in [5.41, 5.74) is 4.38. The maximum atomic E-state index is 12.5. The molecule has 1 aromatic heterocycles. The van der Waals surface area contributed by atoms with E-state index >= 15 is 0 Å². The highest BCUT2D eigenvalue weighted by molar-refractivity contribution is 6.21. The number of fused-ring (bicyclic) bond motifs is 1. The van der Waals surface area contributed by atoms with Gasteiger partial charge in [-0.1, -0.05) is 36.4 Å². The van der Waals surface area contributed by atoms with Gasteiger partial charge in [0.05, 0.1) is 11.1 Å². The van der Waals surface area contributed by atoms with Gasteiger partial charge in [0.2, 0.25) is 0 Å². The fourth-order valence-corrected chi connectivity index (χ4v) is 3.49. The summed E-state index contributed by atoms with van der Waals surface area (Å²) < 4.78 is 0. The molecular weight excluding hydrogens is 350 g/mol. The van der Waals surface area contributed by atoms with E-state index in [2.05, 4.69) is 28.1 Å². The standard InChI is InChI=1S/C23H21N3O2/c1-25(12-13-26-22(27)20-9-2-3-10-21(20)23(26)28)16-17-6-4-7-18(14-17)19-8-5-11-24-15-19/h2-11,14-15H,12-13,16H2,1H3. The van der Waals surface area contributed by atoms with Gasteiger partial charge in [-0.3, -0.25) is 19.5 Å². The number of carbonyl (C=O) groups excluding carboxylic acids is 2. The van der Waals surface area contributed by atoms with E-state index in [4.69, 9.17) is 0 Å². The van der Waals surface area contributed by atoms with Gasteiger partial charge in [-0.15, -0.1) is 0 Å². The molecule has 0 spiro atoms. The second kappa shape index (κ2) is 7.74. The Hall–Kier alpha value is -3.31. The zero-order chi connectivity index (χ0) is 19.5. The lowest BCUT2D eigenvalue weighted by Crippen LogP contribution is -2.36. The molecule has 0 aliphatic carbocycles. The van der Waals surface area contributed by atoms with Gasteiger partial charge in [-0.05, 0) is 48.0 Å². The molecule has 0 radical (unpaired) electrons. The van der Waals surface area contributed by atoms with Gasteiger partial charge in [-0.2, -0.15) is 0 Å². The van der Waals surface area contributed by atoms with Crippen LogP contribution in [0.15, 0.2) is 73.1 Å². The lowest BCUT2D eigenvalue weighted by atomic mass is 10.0. The monoisotopic (exact) mass is 371 g/mol. The Balaban J connectivity index is 1.39. The molecule has 0 saturated heterocycles. The van der Waals surface area contributed by atoms with Crippen molar-refractivity contribution in [2.24, 2.45) is 0 Å². The van der Waals surface area contributed by atoms with Gasteiger partial charge in [0.25, 0.3) is 11.8 Å². The number of aromatic nitrogens is 1. The van der Waals surface area contributed by atoms with Gasteiger partial charge in [-0.25, -0.2) is 0 Å². The molecule has 5 heteroatoms. The van der Waals surface area contributed by atoms with Crippen molar-refractivity contribution in [3.05, 3.63) is 89.7 Å². The molecule has 28 heavy (non-hydrogen) atoms. The van der Waals surface area contributed by atoms with Crippen molar-refractivity contribution in [3.8, 4) is 11.1 Å². The molecule has 0 bridgehead atoms. The van der Waals surface area contributed by atoms with Crippen molar-refractivity contribution < 1.29 is 9.59 Å². The normalized spacial score (nSPS) is 13.3. The van der Waals surface area contributed by atoms with Crippen molar-refractivity contribution in [1.82, 2.24) is 14.8 Å². The number of carbonyl (C=O) groups is 2. The van der Waals surface area contributed by atoms with E-state index < -0.39 is 0 Å². The van der Waals surface area contributed by atoms with Crippen molar-refractivity contribution in [1.29, 1.82) is 0 Å². The first-order chi connectivity index (χ1) is 13.6. The number of likely N-dealkylation sites (N-methyl/N-ethyl adjacent to an activating group) is 1. The van der Waals surface area contributed by atoms with E-state index in [9.17, 15) is 9.59 Å². The first kappa shape index (κ1) is 18.1. The molecule has 0 fully saturated rings. The summed E-state index contributed by atoms with van der Waals surface area (Å²) >= 11 is 0. The smallest absolute Gasteiger partial charge is 0.261 e. The largest absolute Gasteiger partial charge is 0.300 e. The molecule has 0 atom stereocenters. The first-order valence-corrected chi connectivity index (χ1v) is 9.26. The van der Waals surface area contributed by atoms with Gasteiger partial charge < -0.3 is 4.90 Å². The number of hydrogen-bond acceptors (Lipinski definition) is 4. The predicted octanol–water partition coefficient (Wildman–Crippen LogP) is 3.48. The molecule has 3 aromatic rings. The Morgan fingerprint density at radius 2 is 1.61 bits per heavy atom. The third-order valence-corrected chi connectivity index (χ3v) is 4.96. The molecule has 2 heterocycles. The van der Waals surface area contributed by atoms with Gasteiger partial charge in [0, 0.05) is 32.0 Å². The zero-order valence-electron chi connectivity index (χ0n) is 15.7. The number of pyridine rings is 1. The third-order valence-electron chi connectivity index (χ3n) is 4.96. The molecule has 140 valence electrons. The molecule has 2 amide bonds. The van der Waals surface area contributed by atoms with Crippen LogP contribution in [0.4, 0.5) is 0 Å². The molecule has 2 aromatic carbocycles. The zero-order valence-corrected chi connectivity index (χ0v) is 15.7. The highest BCUT2D eigenvalue weighted by atomic mass is 16.2. The van der Waals surface area contributed by atoms with Crippen LogP contribution in [0.2, 0.25) is 0 Å². The number of nitrogens with zero attached hydrogens (tertiary/aromatic N) is 3. The average Bonchev–Trinajstić information content (AvgIpc) is 2.98. The lowest BCUT2D eigenvalue weighted by molar-refractivity contribution is 0.0640. The molecule has 0 saturated carbocycles. The Morgan fingerprint density at radius 3 is 2.29 bits per heavy atom. The van der Waals surface area contributed by atoms with Gasteiger partial charge >= 0.3 is 0 Å². The lowest BCUT2D eigenvalue weighted by Gasteiger charge is -2.21. The van der Waals surface area contributed by atoms with E-state index in [1.165, 1.54) is 10.5 Å². The van der Waals surface area contributed by atoms with Crippen LogP contribution in [0.5, 0.6) is 0 Å². The van der Waals surface area contributed by atoms with E-state index in [0.29, 0.717) is 24.2 Å². The van der Waals surface area contributed by atoms with Crippen LogP contribution in [-0.4, -0.2) is 46.7 Å². The second-order valence-electron chi connectivity index (χ2n) is 6.99. The second-order valence-corrected chi connectivity index (χ2v) is 6.99. The molecule has 5 nitrogen and oxygen atoms in total. The fraction of sp³-hybridized carbons (Fsp3) is 0.174. The Bertz CT molecular complexity index is 982. The van der Waals surface area contributed by atoms with Gasteiger partial charge in [0.15, 0.2) is 0 Å². The molecule has 0 unspecified atom stereocenters. The van der Waals surface area contributed by atoms with E-state index in [0.717, 1.165) is 17.7 Å². The highest BCUT2D eigenvalue weighted by Crippen LogP contribution is 2.22. The van der Waals surface area contributed by atoms with Crippen molar-refractivity contribution in [2.45, 2.75) is 6.54 Å². The average molecular weight is 371 g/mol. The van der Waals surface area contributed by atoms with Crippen LogP contribution >= 0.6 is 0 Å². The van der Waals surface area contributed by atoms with Crippen LogP contribution in [0.3, 0.4) is 0 Å². The minimum atomic E-state index is -0.201. The summed E-state index contributed by atoms with van der Waals surface area (Å²) in [6.45, 7) is 1.73. The minimum absolute atomic E-state index is 0.201. The molecular formula is C23H21N3O2. The number of hydrogen-bond donors (Lipinski definition) is 0. The molecule has 4 rings (SSSR count). The van der Waals surface area contributed by atoms with Crippen molar-refractivity contribution in [3.63, 3.8) is 0 Å². The van der Waals surface area contributed by atoms with E-state index in [1.54, 1.807) is 30.5 Å². The summed E-state index contributed by atoms with van der Waals surface area (Å²) in [4.78, 5) is 32.6. The SMILES string of the molecule is CN(CCN1C(=O)c2ccccc2C1=O)Cc1cccc(-c2cccnc2)c1. The Labute approximate surface area is 164 Å². The highest BCUT2D eigenvalue weighted by Gasteiger charge is 2.34. The Morgan fingerprint density at radius 1 is 0.893 bits per heavy atom. The van der Waals surface area contributed by atoms with Crippen LogP contribution in [0.25, 0.3) is 11.1 Å². The molecule has 1 aliphatic heterocycles. The summed E-state index contributed by atoms with van der Waals surface area (Å²) in [5, 5.41) is 0. The quantitative estimate of drug-likeness (QED) is 0.623. The topological polar surface area (TPSA) is 53.5 Å². The maximum absolute atomic E-state index is 12.5. The van der Waals surface area contributed by atoms with E-state index in [-0.39, 0.29) is 11.8 Å². The van der Waals surface area contributed by atoms with Gasteiger partial charge in [0.1, 0.15) is 0 Å². The number of imide groups is 1. The first-order valence-electron chi connectivity index (χ1n) is 9.26. The number of benzene rings is 2. The third kappa shape index (κ3) is 3.57. The molecule has 1 aliphatic rings. The van der Waals surface area contributed by atoms with Crippen LogP contribution < -0.4 is 0 Å². The Kier molecular flexibility index (Phi) is 5.00. The van der Waals surface area contributed by atoms with Crippen molar-refractivity contribution in [2.75, 3.05) is 20.1 Å². The van der Waals surface area contributed by atoms with Crippen LogP contribution in [-0.2, 0) is 6.54 Å². The minimum Gasteiger partial charge on any atom is -0.300 e. The predicted molar refractivity (Wildman–Crippen MR) is 108 cm³/mol. The summed E-state index contributed by atoms with van der Waals surface area (Å²) in [6, 6.07) is 19.3. The van der Waals surface area contributed by atoms with E-state index in [1.807, 2.05) is 31.4 Å². The van der Waals surface area contributed by atoms with Crippen molar-refractivity contribution >= 4 is 11.8 Å². The summed E-state index contributed by atoms with van der Waals surface area (Å²) in [6.07, 6.45) is 3.62. The number of amides is 2. The van der Waals surface area contributed by atoms with Crippen LogP contribution in [0.1, 0.15) is 26.3 Å². The number of rotatable bonds is 6. The summed E-state index contributed by atoms with van der Waals surface area (Å²) in [7, 11) is 1.99. The van der Waals surface area contributed by atoms with Crippen LogP contribution in [0, 0.1) is 0 Å².